The Morgan fingerprint density at radius 3 is 2.75 bits per heavy atom. The van der Waals surface area contributed by atoms with Gasteiger partial charge in [0, 0.05) is 6.42 Å². The lowest BCUT2D eigenvalue weighted by atomic mass is 10.1. The van der Waals surface area contributed by atoms with Crippen LogP contribution < -0.4 is 5.73 Å². The highest BCUT2D eigenvalue weighted by Gasteiger charge is 2.44. The number of imidazole rings is 1. The quantitative estimate of drug-likeness (QED) is 0.391. The average Bonchev–Trinajstić information content (AvgIpc) is 3.03. The molecule has 0 bridgehead atoms. The summed E-state index contributed by atoms with van der Waals surface area (Å²) in [5.74, 6) is 0.165. The minimum atomic E-state index is -4.60. The number of nitrogen functional groups attached to an aromatic ring is 1. The van der Waals surface area contributed by atoms with E-state index in [-0.39, 0.29) is 18.8 Å². The van der Waals surface area contributed by atoms with Crippen molar-refractivity contribution in [3.05, 3.63) is 12.7 Å². The van der Waals surface area contributed by atoms with Crippen LogP contribution in [0.25, 0.3) is 11.2 Å². The number of nitrogens with two attached hydrogens (primary N) is 1. The van der Waals surface area contributed by atoms with E-state index in [9.17, 15) is 14.8 Å². The molecule has 6 N–H and O–H groups in total. The summed E-state index contributed by atoms with van der Waals surface area (Å²) < 4.78 is 22.0. The van der Waals surface area contributed by atoms with Crippen molar-refractivity contribution in [2.75, 3.05) is 12.3 Å². The van der Waals surface area contributed by atoms with Crippen LogP contribution in [0.2, 0.25) is 0 Å². The highest BCUT2D eigenvalue weighted by molar-refractivity contribution is 7.46. The number of phosphoric ester groups is 1. The first-order chi connectivity index (χ1) is 11.3. The fourth-order valence-corrected chi connectivity index (χ4v) is 2.88. The number of phosphoric acid groups is 1. The maximum atomic E-state index is 10.7. The van der Waals surface area contributed by atoms with E-state index in [1.807, 2.05) is 0 Å². The third-order valence-electron chi connectivity index (χ3n) is 3.66. The predicted molar refractivity (Wildman–Crippen MR) is 78.3 cm³/mol. The van der Waals surface area contributed by atoms with Gasteiger partial charge in [0.2, 0.25) is 0 Å². The summed E-state index contributed by atoms with van der Waals surface area (Å²) in [6, 6.07) is 0. The normalized spacial score (nSPS) is 27.8. The molecule has 4 unspecified atom stereocenters. The maximum absolute atomic E-state index is 10.7. The van der Waals surface area contributed by atoms with Gasteiger partial charge in [-0.05, 0) is 0 Å². The Kier molecular flexibility index (Phi) is 4.53. The van der Waals surface area contributed by atoms with E-state index in [0.29, 0.717) is 11.2 Å². The largest absolute Gasteiger partial charge is 0.469 e. The van der Waals surface area contributed by atoms with Gasteiger partial charge in [0.1, 0.15) is 24.1 Å². The molecule has 1 aliphatic heterocycles. The zero-order valence-electron chi connectivity index (χ0n) is 12.2. The lowest BCUT2D eigenvalue weighted by Gasteiger charge is -2.16. The number of fused-ring (bicyclic) bond motifs is 1. The minimum Gasteiger partial charge on any atom is -0.388 e. The number of hydrogen-bond acceptors (Lipinski definition) is 9. The van der Waals surface area contributed by atoms with Gasteiger partial charge < -0.3 is 30.5 Å². The van der Waals surface area contributed by atoms with E-state index in [2.05, 4.69) is 19.5 Å². The fraction of sp³-hybridized carbons (Fsp3) is 0.545. The number of nitrogens with zero attached hydrogens (tertiary/aromatic N) is 4. The van der Waals surface area contributed by atoms with Crippen molar-refractivity contribution in [1.29, 1.82) is 0 Å². The lowest BCUT2D eigenvalue weighted by Crippen LogP contribution is -2.32. The lowest BCUT2D eigenvalue weighted by molar-refractivity contribution is -0.0404. The number of aliphatic hydroxyl groups is 2. The molecule has 0 aromatic carbocycles. The Morgan fingerprint density at radius 1 is 1.29 bits per heavy atom. The summed E-state index contributed by atoms with van der Waals surface area (Å²) in [7, 11) is -4.60. The molecule has 0 spiro atoms. The monoisotopic (exact) mass is 361 g/mol. The predicted octanol–water partition coefficient (Wildman–Crippen LogP) is -1.47. The zero-order valence-corrected chi connectivity index (χ0v) is 13.1. The van der Waals surface area contributed by atoms with Crippen molar-refractivity contribution >= 4 is 24.8 Å². The topological polar surface area (TPSA) is 186 Å². The van der Waals surface area contributed by atoms with Gasteiger partial charge in [-0.3, -0.25) is 9.09 Å². The van der Waals surface area contributed by atoms with E-state index >= 15 is 0 Å². The zero-order chi connectivity index (χ0) is 17.5. The smallest absolute Gasteiger partial charge is 0.388 e. The van der Waals surface area contributed by atoms with Crippen LogP contribution in [0.4, 0.5) is 5.82 Å². The van der Waals surface area contributed by atoms with Crippen molar-refractivity contribution in [3.63, 3.8) is 0 Å². The first kappa shape index (κ1) is 17.2. The van der Waals surface area contributed by atoms with Crippen molar-refractivity contribution in [2.24, 2.45) is 0 Å². The summed E-state index contributed by atoms with van der Waals surface area (Å²) in [6.45, 7) is -0.342. The molecule has 0 saturated carbocycles. The van der Waals surface area contributed by atoms with E-state index in [1.54, 1.807) is 0 Å². The molecule has 1 fully saturated rings. The van der Waals surface area contributed by atoms with E-state index in [4.69, 9.17) is 20.3 Å². The van der Waals surface area contributed by atoms with Crippen molar-refractivity contribution < 1.29 is 33.8 Å². The summed E-state index contributed by atoms with van der Waals surface area (Å²) >= 11 is 0. The Labute approximate surface area is 135 Å². The molecule has 3 heterocycles. The summed E-state index contributed by atoms with van der Waals surface area (Å²) in [5, 5.41) is 20.3. The average molecular weight is 361 g/mol. The van der Waals surface area contributed by atoms with E-state index in [0.717, 1.165) is 0 Å². The molecule has 12 nitrogen and oxygen atoms in total. The first-order valence-corrected chi connectivity index (χ1v) is 8.45. The highest BCUT2D eigenvalue weighted by atomic mass is 31.2. The molecule has 0 radical (unpaired) electrons. The molecule has 0 amide bonds. The van der Waals surface area contributed by atoms with Crippen LogP contribution >= 0.6 is 7.82 Å². The molecule has 24 heavy (non-hydrogen) atoms. The minimum absolute atomic E-state index is 0.0242. The number of rotatable bonds is 5. The standard InChI is InChI=1S/C11H16N5O7P/c12-9-6-10(14-3-13-9)16(4-15-6)11-8(18)7(17)5(23-11)1-2-22-24(19,20)21/h3-5,7-8,11,17-18H,1-2H2,(H2,12,13,14)(H2,19,20,21). The molecule has 4 atom stereocenters. The second-order valence-electron chi connectivity index (χ2n) is 5.24. The highest BCUT2D eigenvalue weighted by Crippen LogP contribution is 2.37. The number of aromatic nitrogens is 4. The number of aliphatic hydroxyl groups excluding tert-OH is 2. The van der Waals surface area contributed by atoms with E-state index in [1.165, 1.54) is 17.2 Å². The van der Waals surface area contributed by atoms with Crippen molar-refractivity contribution in [3.8, 4) is 0 Å². The fourth-order valence-electron chi connectivity index (χ4n) is 2.54. The van der Waals surface area contributed by atoms with Crippen molar-refractivity contribution in [2.45, 2.75) is 31.0 Å². The second kappa shape index (κ2) is 6.33. The van der Waals surface area contributed by atoms with Gasteiger partial charge in [0.25, 0.3) is 0 Å². The Hall–Kier alpha value is -1.66. The van der Waals surface area contributed by atoms with Gasteiger partial charge in [0.05, 0.1) is 19.0 Å². The van der Waals surface area contributed by atoms with Gasteiger partial charge in [-0.25, -0.2) is 19.5 Å². The van der Waals surface area contributed by atoms with Crippen molar-refractivity contribution in [1.82, 2.24) is 19.5 Å². The first-order valence-electron chi connectivity index (χ1n) is 6.92. The Balaban J connectivity index is 1.77. The van der Waals surface area contributed by atoms with Gasteiger partial charge >= 0.3 is 7.82 Å². The van der Waals surface area contributed by atoms with Crippen LogP contribution in [0.15, 0.2) is 12.7 Å². The number of anilines is 1. The second-order valence-corrected chi connectivity index (χ2v) is 6.48. The van der Waals surface area contributed by atoms with Crippen LogP contribution in [0.1, 0.15) is 12.6 Å². The van der Waals surface area contributed by atoms with Gasteiger partial charge in [-0.15, -0.1) is 0 Å². The summed E-state index contributed by atoms with van der Waals surface area (Å²) in [5.41, 5.74) is 6.35. The third-order valence-corrected chi connectivity index (χ3v) is 4.18. The molecule has 0 aliphatic carbocycles. The van der Waals surface area contributed by atoms with Crippen LogP contribution in [-0.2, 0) is 13.8 Å². The van der Waals surface area contributed by atoms with Gasteiger partial charge in [-0.1, -0.05) is 0 Å². The number of hydrogen-bond donors (Lipinski definition) is 5. The molecule has 132 valence electrons. The SMILES string of the molecule is Nc1ncnc2c1ncn2C1OC(CCOP(=O)(O)O)C(O)C1O. The van der Waals surface area contributed by atoms with Crippen LogP contribution in [0.5, 0.6) is 0 Å². The van der Waals surface area contributed by atoms with Crippen LogP contribution in [0.3, 0.4) is 0 Å². The maximum Gasteiger partial charge on any atom is 0.469 e. The summed E-state index contributed by atoms with van der Waals surface area (Å²) in [6.07, 6.45) is -1.87. The Morgan fingerprint density at radius 2 is 2.04 bits per heavy atom. The molecule has 2 aromatic rings. The van der Waals surface area contributed by atoms with E-state index < -0.39 is 32.4 Å². The molecule has 3 rings (SSSR count). The number of ether oxygens (including phenoxy) is 1. The van der Waals surface area contributed by atoms with Crippen LogP contribution in [-0.4, -0.2) is 64.4 Å². The molecular weight excluding hydrogens is 345 g/mol. The van der Waals surface area contributed by atoms with Crippen LogP contribution in [0, 0.1) is 0 Å². The van der Waals surface area contributed by atoms with Gasteiger partial charge in [0.15, 0.2) is 17.7 Å². The Bertz CT molecular complexity index is 779. The molecule has 2 aromatic heterocycles. The molecule has 1 aliphatic rings. The third kappa shape index (κ3) is 3.26. The van der Waals surface area contributed by atoms with Gasteiger partial charge in [-0.2, -0.15) is 0 Å². The molecule has 1 saturated heterocycles. The molecule has 13 heteroatoms. The molecular formula is C11H16N5O7P. The summed E-state index contributed by atoms with van der Waals surface area (Å²) in [4.78, 5) is 29.2.